The molecule has 0 fully saturated rings. The molecule has 0 saturated heterocycles. The van der Waals surface area contributed by atoms with Gasteiger partial charge >= 0.3 is 0 Å². The van der Waals surface area contributed by atoms with Gasteiger partial charge in [-0.05, 0) is 30.7 Å². The molecule has 0 bridgehead atoms. The van der Waals surface area contributed by atoms with Gasteiger partial charge in [-0.2, -0.15) is 5.10 Å². The summed E-state index contributed by atoms with van der Waals surface area (Å²) in [5.74, 6) is 1.04. The summed E-state index contributed by atoms with van der Waals surface area (Å²) in [5.41, 5.74) is 0.704. The average Bonchev–Trinajstić information content (AvgIpc) is 2.79. The number of ether oxygens (including phenoxy) is 2. The van der Waals surface area contributed by atoms with Crippen molar-refractivity contribution in [3.8, 4) is 11.5 Å². The van der Waals surface area contributed by atoms with Crippen molar-refractivity contribution < 1.29 is 14.3 Å². The number of amides is 1. The number of nitrogens with zero attached hydrogens (tertiary/aromatic N) is 1. The predicted molar refractivity (Wildman–Crippen MR) is 82.8 cm³/mol. The number of rotatable bonds is 3. The van der Waals surface area contributed by atoms with E-state index in [1.165, 1.54) is 12.1 Å². The minimum absolute atomic E-state index is 0.158. The number of fused-ring (bicyclic) bond motifs is 1. The molecule has 7 heteroatoms. The Morgan fingerprint density at radius 2 is 2.00 bits per heavy atom. The molecule has 0 unspecified atom stereocenters. The number of H-pyrrole nitrogens is 1. The van der Waals surface area contributed by atoms with Crippen molar-refractivity contribution in [1.82, 2.24) is 15.5 Å². The van der Waals surface area contributed by atoms with Crippen LogP contribution in [0.25, 0.3) is 0 Å². The van der Waals surface area contributed by atoms with E-state index in [9.17, 15) is 9.59 Å². The van der Waals surface area contributed by atoms with Crippen LogP contribution in [0.4, 0.5) is 0 Å². The van der Waals surface area contributed by atoms with Crippen molar-refractivity contribution in [1.29, 1.82) is 0 Å². The van der Waals surface area contributed by atoms with Crippen molar-refractivity contribution in [2.24, 2.45) is 0 Å². The molecule has 1 aromatic carbocycles. The van der Waals surface area contributed by atoms with E-state index in [1.54, 1.807) is 0 Å². The molecular weight excluding hydrogens is 298 g/mol. The quantitative estimate of drug-likeness (QED) is 0.893. The molecule has 0 saturated carbocycles. The van der Waals surface area contributed by atoms with Crippen LogP contribution in [0.2, 0.25) is 0 Å². The van der Waals surface area contributed by atoms with E-state index in [4.69, 9.17) is 9.47 Å². The van der Waals surface area contributed by atoms with Crippen molar-refractivity contribution in [2.75, 3.05) is 13.2 Å². The number of carbonyl (C=O) groups excluding carboxylic acids is 1. The monoisotopic (exact) mass is 315 g/mol. The second kappa shape index (κ2) is 6.51. The summed E-state index contributed by atoms with van der Waals surface area (Å²) in [7, 11) is 0. The lowest BCUT2D eigenvalue weighted by Crippen LogP contribution is -2.28. The highest BCUT2D eigenvalue weighted by Gasteiger charge is 2.16. The fourth-order valence-corrected chi connectivity index (χ4v) is 2.27. The SMILES string of the molecule is C[C@H](NC(=O)c1ccc(=O)[nH]n1)c1ccc2c(c1)OCCCO2. The van der Waals surface area contributed by atoms with E-state index < -0.39 is 0 Å². The third-order valence-electron chi connectivity index (χ3n) is 3.53. The maximum atomic E-state index is 12.1. The van der Waals surface area contributed by atoms with E-state index in [2.05, 4.69) is 15.5 Å². The van der Waals surface area contributed by atoms with Gasteiger partial charge in [0.1, 0.15) is 5.69 Å². The summed E-state index contributed by atoms with van der Waals surface area (Å²) >= 11 is 0. The summed E-state index contributed by atoms with van der Waals surface area (Å²) in [6.07, 6.45) is 0.841. The number of hydrogen-bond acceptors (Lipinski definition) is 5. The number of benzene rings is 1. The van der Waals surface area contributed by atoms with Crippen molar-refractivity contribution in [2.45, 2.75) is 19.4 Å². The van der Waals surface area contributed by atoms with Crippen LogP contribution >= 0.6 is 0 Å². The summed E-state index contributed by atoms with van der Waals surface area (Å²) in [6.45, 7) is 3.11. The number of aromatic amines is 1. The van der Waals surface area contributed by atoms with E-state index in [-0.39, 0.29) is 23.2 Å². The molecule has 1 aliphatic heterocycles. The Morgan fingerprint density at radius 1 is 1.22 bits per heavy atom. The van der Waals surface area contributed by atoms with Gasteiger partial charge in [0.25, 0.3) is 11.5 Å². The highest BCUT2D eigenvalue weighted by atomic mass is 16.5. The minimum Gasteiger partial charge on any atom is -0.490 e. The number of carbonyl (C=O) groups is 1. The Kier molecular flexibility index (Phi) is 4.27. The Bertz CT molecular complexity index is 752. The van der Waals surface area contributed by atoms with E-state index >= 15 is 0 Å². The van der Waals surface area contributed by atoms with Gasteiger partial charge in [-0.15, -0.1) is 0 Å². The van der Waals surface area contributed by atoms with Crippen LogP contribution in [-0.4, -0.2) is 29.3 Å². The normalized spacial score (nSPS) is 14.7. The predicted octanol–water partition coefficient (Wildman–Crippen LogP) is 1.42. The second-order valence-electron chi connectivity index (χ2n) is 5.26. The van der Waals surface area contributed by atoms with Crippen LogP contribution in [0, 0.1) is 0 Å². The van der Waals surface area contributed by atoms with Crippen LogP contribution < -0.4 is 20.3 Å². The van der Waals surface area contributed by atoms with Gasteiger partial charge < -0.3 is 14.8 Å². The first-order valence-electron chi connectivity index (χ1n) is 7.39. The highest BCUT2D eigenvalue weighted by molar-refractivity contribution is 5.92. The van der Waals surface area contributed by atoms with Gasteiger partial charge in [-0.1, -0.05) is 6.07 Å². The van der Waals surface area contributed by atoms with Crippen LogP contribution in [0.1, 0.15) is 35.4 Å². The lowest BCUT2D eigenvalue weighted by atomic mass is 10.1. The third kappa shape index (κ3) is 3.50. The molecule has 1 amide bonds. The Labute approximate surface area is 132 Å². The van der Waals surface area contributed by atoms with Gasteiger partial charge in [-0.25, -0.2) is 5.10 Å². The fourth-order valence-electron chi connectivity index (χ4n) is 2.27. The summed E-state index contributed by atoms with van der Waals surface area (Å²) < 4.78 is 11.2. The van der Waals surface area contributed by atoms with Crippen LogP contribution in [0.5, 0.6) is 11.5 Å². The maximum absolute atomic E-state index is 12.1. The Morgan fingerprint density at radius 3 is 2.74 bits per heavy atom. The van der Waals surface area contributed by atoms with E-state index in [0.717, 1.165) is 12.0 Å². The number of nitrogens with one attached hydrogen (secondary N) is 2. The Hall–Kier alpha value is -2.83. The molecule has 0 radical (unpaired) electrons. The summed E-state index contributed by atoms with van der Waals surface area (Å²) in [6, 6.07) is 8.00. The fraction of sp³-hybridized carbons (Fsp3) is 0.312. The van der Waals surface area contributed by atoms with Gasteiger partial charge in [0.05, 0.1) is 19.3 Å². The molecule has 3 rings (SSSR count). The largest absolute Gasteiger partial charge is 0.490 e. The number of hydrogen-bond donors (Lipinski definition) is 2. The molecule has 2 N–H and O–H groups in total. The van der Waals surface area contributed by atoms with Gasteiger partial charge in [-0.3, -0.25) is 9.59 Å². The molecule has 0 aliphatic carbocycles. The van der Waals surface area contributed by atoms with Gasteiger partial charge in [0.2, 0.25) is 0 Å². The van der Waals surface area contributed by atoms with Gasteiger partial charge in [0.15, 0.2) is 11.5 Å². The summed E-state index contributed by atoms with van der Waals surface area (Å²) in [4.78, 5) is 23.1. The molecule has 2 aromatic rings. The van der Waals surface area contributed by atoms with Crippen LogP contribution in [0.15, 0.2) is 35.1 Å². The average molecular weight is 315 g/mol. The lowest BCUT2D eigenvalue weighted by Gasteiger charge is -2.16. The summed E-state index contributed by atoms with van der Waals surface area (Å²) in [5, 5.41) is 8.79. The maximum Gasteiger partial charge on any atom is 0.272 e. The topological polar surface area (TPSA) is 93.3 Å². The first-order valence-corrected chi connectivity index (χ1v) is 7.39. The number of aromatic nitrogens is 2. The van der Waals surface area contributed by atoms with Crippen LogP contribution in [0.3, 0.4) is 0 Å². The molecule has 23 heavy (non-hydrogen) atoms. The zero-order valence-electron chi connectivity index (χ0n) is 12.7. The molecule has 2 heterocycles. The Balaban J connectivity index is 1.74. The first-order chi connectivity index (χ1) is 11.1. The standard InChI is InChI=1S/C16H17N3O4/c1-10(17-16(21)12-4-6-15(20)19-18-12)11-3-5-13-14(9-11)23-8-2-7-22-13/h3-6,9-10H,2,7-8H2,1H3,(H,17,21)(H,19,20)/t10-/m0/s1. The molecule has 0 spiro atoms. The van der Waals surface area contributed by atoms with E-state index in [1.807, 2.05) is 25.1 Å². The molecule has 7 nitrogen and oxygen atoms in total. The minimum atomic E-state index is -0.360. The first kappa shape index (κ1) is 15.1. The smallest absolute Gasteiger partial charge is 0.272 e. The molecule has 1 atom stereocenters. The zero-order chi connectivity index (χ0) is 16.2. The highest BCUT2D eigenvalue weighted by Crippen LogP contribution is 2.32. The third-order valence-corrected chi connectivity index (χ3v) is 3.53. The van der Waals surface area contributed by atoms with Crippen molar-refractivity contribution in [3.05, 3.63) is 51.9 Å². The molecule has 120 valence electrons. The molecule has 1 aromatic heterocycles. The van der Waals surface area contributed by atoms with Crippen molar-refractivity contribution >= 4 is 5.91 Å². The van der Waals surface area contributed by atoms with Crippen molar-refractivity contribution in [3.63, 3.8) is 0 Å². The second-order valence-corrected chi connectivity index (χ2v) is 5.26. The van der Waals surface area contributed by atoms with E-state index in [0.29, 0.717) is 24.7 Å². The van der Waals surface area contributed by atoms with Gasteiger partial charge in [0, 0.05) is 12.5 Å². The van der Waals surface area contributed by atoms with Crippen LogP contribution in [-0.2, 0) is 0 Å². The molecular formula is C16H17N3O4. The molecule has 1 aliphatic rings. The lowest BCUT2D eigenvalue weighted by molar-refractivity contribution is 0.0933. The zero-order valence-corrected chi connectivity index (χ0v) is 12.7.